The average molecular weight is 763 g/mol. The van der Waals surface area contributed by atoms with Crippen molar-refractivity contribution < 1.29 is 23.7 Å². The van der Waals surface area contributed by atoms with Gasteiger partial charge in [-0.05, 0) is 42.0 Å². The average Bonchev–Trinajstić information content (AvgIpc) is 3.60. The maximum atomic E-state index is 14.7. The maximum Gasteiger partial charge on any atom is 0.368 e. The van der Waals surface area contributed by atoms with Gasteiger partial charge in [-0.3, -0.25) is 14.6 Å². The Morgan fingerprint density at radius 1 is 1.09 bits per heavy atom. The van der Waals surface area contributed by atoms with Crippen LogP contribution in [0.3, 0.4) is 0 Å². The Balaban J connectivity index is 1.28. The summed E-state index contributed by atoms with van der Waals surface area (Å²) in [5.74, 6) is 0.908. The van der Waals surface area contributed by atoms with E-state index >= 15 is 0 Å². The standard InChI is InChI=1S/C37H38Cl2N8O6/c1-47(2,22-23-7-14-41-36(23)46(50)51)17-5-6-32(48)44-15-10-26(11-16-44)45-28-19-31(43-25-8-12-40-13-9-25)42-21-24(28)18-27(37(45)49)33-34(38)29(52-3)20-30(53-4)35(33)39/h5-6,8-9,12-14,18-21,26H,7,10-11,15-17,22H2,1-4H3/p+1/b6-5+. The smallest absolute Gasteiger partial charge is 0.368 e. The SMILES string of the molecule is COc1cc(OC)c(Cl)c(-c2cc3cnc(Nc4ccncc4)cc3n(C3CCN(C(=O)/C=C/C[N+](C)(C)CC4=C([N+](=O)[O-])N=CC4)CC3)c2=O)c1Cl. The molecule has 1 amide bonds. The number of likely N-dealkylation sites (tertiary alicyclic amines) is 1. The van der Waals surface area contributed by atoms with Gasteiger partial charge in [0, 0.05) is 79.0 Å². The van der Waals surface area contributed by atoms with Gasteiger partial charge >= 0.3 is 5.82 Å². The predicted octanol–water partition coefficient (Wildman–Crippen LogP) is 6.29. The number of fused-ring (bicyclic) bond motifs is 1. The number of methoxy groups -OCH3 is 2. The number of carbonyl (C=O) groups is 1. The fraction of sp³-hybridized carbons (Fsp3) is 0.324. The van der Waals surface area contributed by atoms with E-state index in [0.717, 1.165) is 5.69 Å². The first-order valence-corrected chi connectivity index (χ1v) is 17.7. The predicted molar refractivity (Wildman–Crippen MR) is 205 cm³/mol. The van der Waals surface area contributed by atoms with Crippen molar-refractivity contribution in [1.82, 2.24) is 19.4 Å². The Hall–Kier alpha value is -5.31. The Bertz CT molecular complexity index is 2180. The quantitative estimate of drug-likeness (QED) is 0.0760. The van der Waals surface area contributed by atoms with Gasteiger partial charge in [-0.2, -0.15) is 0 Å². The van der Waals surface area contributed by atoms with Crippen molar-refractivity contribution >= 4 is 57.7 Å². The fourth-order valence-electron chi connectivity index (χ4n) is 6.75. The maximum absolute atomic E-state index is 14.7. The van der Waals surface area contributed by atoms with E-state index in [1.807, 2.05) is 32.3 Å². The van der Waals surface area contributed by atoms with Crippen LogP contribution in [0.1, 0.15) is 25.3 Å². The fourth-order valence-corrected chi connectivity index (χ4v) is 7.46. The lowest BCUT2D eigenvalue weighted by atomic mass is 10.00. The van der Waals surface area contributed by atoms with Gasteiger partial charge in [-0.25, -0.2) is 4.98 Å². The van der Waals surface area contributed by atoms with Gasteiger partial charge < -0.3 is 38.9 Å². The van der Waals surface area contributed by atoms with Crippen LogP contribution in [0.2, 0.25) is 10.0 Å². The third kappa shape index (κ3) is 8.04. The number of aromatic nitrogens is 3. The molecule has 0 spiro atoms. The molecule has 4 aromatic rings. The van der Waals surface area contributed by atoms with E-state index in [4.69, 9.17) is 32.7 Å². The molecule has 14 nitrogen and oxygen atoms in total. The lowest BCUT2D eigenvalue weighted by molar-refractivity contribution is -0.880. The minimum Gasteiger partial charge on any atom is -0.495 e. The molecule has 0 aliphatic carbocycles. The number of nitrogens with one attached hydrogen (secondary N) is 1. The van der Waals surface area contributed by atoms with Crippen LogP contribution in [0.15, 0.2) is 82.3 Å². The van der Waals surface area contributed by atoms with Crippen LogP contribution in [-0.2, 0) is 4.79 Å². The second-order valence-electron chi connectivity index (χ2n) is 13.4. The Morgan fingerprint density at radius 2 is 1.77 bits per heavy atom. The number of halogens is 2. The van der Waals surface area contributed by atoms with E-state index in [1.165, 1.54) is 14.2 Å². The number of amides is 1. The highest BCUT2D eigenvalue weighted by molar-refractivity contribution is 6.41. The molecule has 5 heterocycles. The van der Waals surface area contributed by atoms with Crippen molar-refractivity contribution in [2.24, 2.45) is 4.99 Å². The minimum absolute atomic E-state index is 0.0940. The summed E-state index contributed by atoms with van der Waals surface area (Å²) in [4.78, 5) is 53.2. The number of anilines is 2. The molecule has 6 rings (SSSR count). The lowest BCUT2D eigenvalue weighted by Crippen LogP contribution is -2.42. The highest BCUT2D eigenvalue weighted by Crippen LogP contribution is 2.46. The summed E-state index contributed by atoms with van der Waals surface area (Å²) in [7, 11) is 6.85. The van der Waals surface area contributed by atoms with Crippen molar-refractivity contribution in [2.45, 2.75) is 25.3 Å². The number of pyridine rings is 3. The van der Waals surface area contributed by atoms with E-state index < -0.39 is 4.92 Å². The third-order valence-electron chi connectivity index (χ3n) is 9.38. The van der Waals surface area contributed by atoms with E-state index in [2.05, 4.69) is 20.3 Å². The molecular formula is C37H39Cl2N8O6+. The van der Waals surface area contributed by atoms with Crippen LogP contribution in [0.5, 0.6) is 11.5 Å². The summed E-state index contributed by atoms with van der Waals surface area (Å²) < 4.78 is 13.2. The Kier molecular flexibility index (Phi) is 11.1. The van der Waals surface area contributed by atoms with Crippen LogP contribution >= 0.6 is 23.2 Å². The number of quaternary nitrogens is 1. The first-order chi connectivity index (χ1) is 25.4. The third-order valence-corrected chi connectivity index (χ3v) is 10.1. The number of nitrogens with zero attached hydrogens (tertiary/aromatic N) is 7. The number of aliphatic imine (C=N–C) groups is 1. The highest BCUT2D eigenvalue weighted by atomic mass is 35.5. The zero-order valence-corrected chi connectivity index (χ0v) is 31.2. The molecule has 1 aromatic carbocycles. The number of rotatable bonds is 12. The van der Waals surface area contributed by atoms with E-state index in [0.29, 0.717) is 83.7 Å². The highest BCUT2D eigenvalue weighted by Gasteiger charge is 2.30. The molecule has 0 atom stereocenters. The van der Waals surface area contributed by atoms with Gasteiger partial charge in [-0.15, -0.1) is 0 Å². The Labute approximate surface area is 315 Å². The van der Waals surface area contributed by atoms with Crippen LogP contribution in [0.25, 0.3) is 22.0 Å². The van der Waals surface area contributed by atoms with Gasteiger partial charge in [0.25, 0.3) is 5.56 Å². The lowest BCUT2D eigenvalue weighted by Gasteiger charge is -2.33. The first-order valence-electron chi connectivity index (χ1n) is 16.9. The zero-order chi connectivity index (χ0) is 37.9. The van der Waals surface area contributed by atoms with Gasteiger partial charge in [-0.1, -0.05) is 28.2 Å². The van der Waals surface area contributed by atoms with Crippen LogP contribution < -0.4 is 20.3 Å². The normalized spacial score (nSPS) is 15.1. The summed E-state index contributed by atoms with van der Waals surface area (Å²) in [6, 6.07) is 8.49. The second kappa shape index (κ2) is 15.7. The molecule has 2 aliphatic heterocycles. The number of benzene rings is 1. The van der Waals surface area contributed by atoms with Crippen molar-refractivity contribution in [3.8, 4) is 22.6 Å². The number of nitro groups is 1. The number of piperidine rings is 1. The van der Waals surface area contributed by atoms with Crippen molar-refractivity contribution in [3.63, 3.8) is 0 Å². The Morgan fingerprint density at radius 3 is 2.42 bits per heavy atom. The molecule has 3 aromatic heterocycles. The molecule has 2 aliphatic rings. The largest absolute Gasteiger partial charge is 0.495 e. The molecule has 1 N–H and O–H groups in total. The number of carbonyl (C=O) groups excluding carboxylic acids is 1. The molecule has 0 saturated carbocycles. The molecule has 0 unspecified atom stereocenters. The van der Waals surface area contributed by atoms with Crippen molar-refractivity contribution in [1.29, 1.82) is 0 Å². The summed E-state index contributed by atoms with van der Waals surface area (Å²) >= 11 is 13.6. The van der Waals surface area contributed by atoms with Crippen LogP contribution in [-0.4, -0.2) is 95.5 Å². The zero-order valence-electron chi connectivity index (χ0n) is 29.7. The van der Waals surface area contributed by atoms with Gasteiger partial charge in [0.15, 0.2) is 0 Å². The van der Waals surface area contributed by atoms with Gasteiger partial charge in [0.1, 0.15) is 30.1 Å². The summed E-state index contributed by atoms with van der Waals surface area (Å²) in [6.07, 6.45) is 11.4. The van der Waals surface area contributed by atoms with Crippen LogP contribution in [0.4, 0.5) is 11.5 Å². The molecule has 0 bridgehead atoms. The molecule has 53 heavy (non-hydrogen) atoms. The van der Waals surface area contributed by atoms with Crippen LogP contribution in [0, 0.1) is 10.1 Å². The molecule has 1 saturated heterocycles. The molecular weight excluding hydrogens is 723 g/mol. The molecule has 16 heteroatoms. The van der Waals surface area contributed by atoms with Gasteiger partial charge in [0.2, 0.25) is 5.91 Å². The summed E-state index contributed by atoms with van der Waals surface area (Å²) in [5.41, 5.74) is 2.33. The van der Waals surface area contributed by atoms with E-state index in [9.17, 15) is 19.7 Å². The summed E-state index contributed by atoms with van der Waals surface area (Å²) in [6.45, 7) is 1.77. The monoisotopic (exact) mass is 761 g/mol. The minimum atomic E-state index is -0.454. The first kappa shape index (κ1) is 37.4. The number of likely N-dealkylation sites (N-methyl/N-ethyl adjacent to an activating group) is 1. The molecule has 1 fully saturated rings. The van der Waals surface area contributed by atoms with E-state index in [1.54, 1.807) is 58.6 Å². The number of hydrogen-bond donors (Lipinski definition) is 1. The van der Waals surface area contributed by atoms with Gasteiger partial charge in [0.05, 0.1) is 61.6 Å². The molecule has 0 radical (unpaired) electrons. The van der Waals surface area contributed by atoms with Crippen molar-refractivity contribution in [3.05, 3.63) is 103 Å². The topological polar surface area (TPSA) is 154 Å². The van der Waals surface area contributed by atoms with E-state index in [-0.39, 0.29) is 44.5 Å². The number of hydrogen-bond acceptors (Lipinski definition) is 10. The summed E-state index contributed by atoms with van der Waals surface area (Å²) in [5, 5.41) is 15.6. The second-order valence-corrected chi connectivity index (χ2v) is 14.2. The van der Waals surface area contributed by atoms with Crippen molar-refractivity contribution in [2.75, 3.05) is 59.8 Å². The number of ether oxygens (including phenoxy) is 2. The molecule has 276 valence electrons.